The molecule has 3 nitrogen and oxygen atoms in total. The van der Waals surface area contributed by atoms with Crippen LogP contribution < -0.4 is 0 Å². The molecule has 0 amide bonds. The molecule has 94 valence electrons. The monoisotopic (exact) mass is 251 g/mol. The average Bonchev–Trinajstić information content (AvgIpc) is 2.53. The molecule has 0 bridgehead atoms. The molecule has 0 spiro atoms. The second-order valence-corrected chi connectivity index (χ2v) is 5.50. The minimum absolute atomic E-state index is 0.853. The number of hydrogen-bond acceptors (Lipinski definition) is 3. The van der Waals surface area contributed by atoms with Gasteiger partial charge < -0.3 is 4.90 Å². The fourth-order valence-electron chi connectivity index (χ4n) is 1.68. The van der Waals surface area contributed by atoms with Crippen LogP contribution in [0.2, 0.25) is 0 Å². The highest BCUT2D eigenvalue weighted by Gasteiger charge is 2.10. The van der Waals surface area contributed by atoms with Gasteiger partial charge in [0, 0.05) is 24.0 Å². The van der Waals surface area contributed by atoms with Crippen LogP contribution in [-0.2, 0) is 6.54 Å². The molecular formula is C13H21N3S. The zero-order chi connectivity index (χ0) is 13.0. The van der Waals surface area contributed by atoms with Crippen molar-refractivity contribution >= 4 is 17.2 Å². The summed E-state index contributed by atoms with van der Waals surface area (Å²) in [5, 5.41) is 1.13. The number of thiazole rings is 1. The van der Waals surface area contributed by atoms with Gasteiger partial charge in [-0.3, -0.25) is 0 Å². The molecule has 1 aromatic heterocycles. The van der Waals surface area contributed by atoms with Gasteiger partial charge in [-0.25, -0.2) is 9.98 Å². The molecule has 0 unspecified atom stereocenters. The summed E-state index contributed by atoms with van der Waals surface area (Å²) in [5.74, 6) is 1.07. The van der Waals surface area contributed by atoms with E-state index in [0.717, 1.165) is 35.2 Å². The van der Waals surface area contributed by atoms with Crippen LogP contribution in [0.1, 0.15) is 35.8 Å². The molecule has 0 aliphatic carbocycles. The molecule has 0 radical (unpaired) electrons. The maximum absolute atomic E-state index is 4.46. The number of aromatic nitrogens is 1. The van der Waals surface area contributed by atoms with Gasteiger partial charge in [0.05, 0.1) is 17.2 Å². The number of rotatable bonds is 4. The Hall–Kier alpha value is -1.16. The molecule has 1 aromatic rings. The van der Waals surface area contributed by atoms with Crippen LogP contribution in [0.25, 0.3) is 0 Å². The van der Waals surface area contributed by atoms with Crippen molar-refractivity contribution in [2.24, 2.45) is 4.99 Å². The predicted octanol–water partition coefficient (Wildman–Crippen LogP) is 3.53. The van der Waals surface area contributed by atoms with E-state index in [4.69, 9.17) is 0 Å². The summed E-state index contributed by atoms with van der Waals surface area (Å²) in [5.41, 5.74) is 1.98. The van der Waals surface area contributed by atoms with E-state index in [9.17, 15) is 0 Å². The first kappa shape index (κ1) is 13.9. The predicted molar refractivity (Wildman–Crippen MR) is 75.6 cm³/mol. The Labute approximate surface area is 108 Å². The first-order chi connectivity index (χ1) is 7.93. The van der Waals surface area contributed by atoms with Crippen molar-refractivity contribution in [1.82, 2.24) is 9.88 Å². The lowest BCUT2D eigenvalue weighted by Crippen LogP contribution is -2.25. The molecule has 0 saturated carbocycles. The topological polar surface area (TPSA) is 28.5 Å². The fraction of sp³-hybridized carbons (Fsp3) is 0.538. The highest BCUT2D eigenvalue weighted by molar-refractivity contribution is 7.11. The average molecular weight is 251 g/mol. The van der Waals surface area contributed by atoms with Crippen molar-refractivity contribution in [1.29, 1.82) is 0 Å². The quantitative estimate of drug-likeness (QED) is 0.605. The Morgan fingerprint density at radius 1 is 1.47 bits per heavy atom. The van der Waals surface area contributed by atoms with Gasteiger partial charge in [-0.2, -0.15) is 0 Å². The molecule has 17 heavy (non-hydrogen) atoms. The lowest BCUT2D eigenvalue weighted by molar-refractivity contribution is 0.493. The van der Waals surface area contributed by atoms with E-state index in [-0.39, 0.29) is 0 Å². The van der Waals surface area contributed by atoms with Crippen molar-refractivity contribution in [2.45, 2.75) is 40.7 Å². The Balaban J connectivity index is 2.80. The van der Waals surface area contributed by atoms with Crippen LogP contribution in [0.4, 0.5) is 0 Å². The highest BCUT2D eigenvalue weighted by Crippen LogP contribution is 2.19. The number of hydrogen-bond donors (Lipinski definition) is 0. The fourth-order valence-corrected chi connectivity index (χ4v) is 2.67. The van der Waals surface area contributed by atoms with Gasteiger partial charge in [-0.15, -0.1) is 11.3 Å². The van der Waals surface area contributed by atoms with Gasteiger partial charge >= 0.3 is 0 Å². The van der Waals surface area contributed by atoms with E-state index in [1.807, 2.05) is 13.8 Å². The van der Waals surface area contributed by atoms with E-state index in [2.05, 4.69) is 42.4 Å². The SMILES string of the molecule is C=C(C)N=C(CC)N(C)Cc1sc(C)nc1C. The van der Waals surface area contributed by atoms with Gasteiger partial charge in [-0.05, 0) is 20.8 Å². The minimum Gasteiger partial charge on any atom is -0.358 e. The molecular weight excluding hydrogens is 230 g/mol. The Kier molecular flexibility index (Phi) is 4.87. The van der Waals surface area contributed by atoms with E-state index in [1.54, 1.807) is 11.3 Å². The Morgan fingerprint density at radius 2 is 2.12 bits per heavy atom. The van der Waals surface area contributed by atoms with Crippen molar-refractivity contribution < 1.29 is 0 Å². The molecule has 0 aliphatic heterocycles. The van der Waals surface area contributed by atoms with Crippen LogP contribution in [0.15, 0.2) is 17.3 Å². The van der Waals surface area contributed by atoms with Gasteiger partial charge in [0.15, 0.2) is 0 Å². The lowest BCUT2D eigenvalue weighted by Gasteiger charge is -2.20. The summed E-state index contributed by atoms with van der Waals surface area (Å²) < 4.78 is 0. The maximum atomic E-state index is 4.46. The Morgan fingerprint density at radius 3 is 2.53 bits per heavy atom. The summed E-state index contributed by atoms with van der Waals surface area (Å²) in [6.45, 7) is 12.8. The van der Waals surface area contributed by atoms with Crippen molar-refractivity contribution in [3.05, 3.63) is 27.9 Å². The molecule has 0 saturated heterocycles. The van der Waals surface area contributed by atoms with E-state index in [1.165, 1.54) is 4.88 Å². The molecule has 1 heterocycles. The van der Waals surface area contributed by atoms with Crippen molar-refractivity contribution in [3.8, 4) is 0 Å². The summed E-state index contributed by atoms with van der Waals surface area (Å²) in [7, 11) is 2.07. The zero-order valence-electron chi connectivity index (χ0n) is 11.4. The van der Waals surface area contributed by atoms with Crippen molar-refractivity contribution in [3.63, 3.8) is 0 Å². The van der Waals surface area contributed by atoms with Crippen LogP contribution in [-0.4, -0.2) is 22.8 Å². The standard InChI is InChI=1S/C13H21N3S/c1-7-13(14-9(2)3)16(6)8-12-10(4)15-11(5)17-12/h2,7-8H2,1,3-6H3. The highest BCUT2D eigenvalue weighted by atomic mass is 32.1. The summed E-state index contributed by atoms with van der Waals surface area (Å²) in [4.78, 5) is 12.4. The van der Waals surface area contributed by atoms with Crippen LogP contribution in [0, 0.1) is 13.8 Å². The maximum Gasteiger partial charge on any atom is 0.104 e. The normalized spacial score (nSPS) is 11.7. The minimum atomic E-state index is 0.853. The second kappa shape index (κ2) is 5.96. The number of amidine groups is 1. The van der Waals surface area contributed by atoms with Crippen molar-refractivity contribution in [2.75, 3.05) is 7.05 Å². The lowest BCUT2D eigenvalue weighted by atomic mass is 10.3. The molecule has 0 N–H and O–H groups in total. The van der Waals surface area contributed by atoms with Gasteiger partial charge in [0.25, 0.3) is 0 Å². The molecule has 1 rings (SSSR count). The smallest absolute Gasteiger partial charge is 0.104 e. The van der Waals surface area contributed by atoms with E-state index >= 15 is 0 Å². The van der Waals surface area contributed by atoms with Gasteiger partial charge in [-0.1, -0.05) is 13.5 Å². The second-order valence-electron chi connectivity index (χ2n) is 4.21. The van der Waals surface area contributed by atoms with Gasteiger partial charge in [0.1, 0.15) is 5.84 Å². The third-order valence-electron chi connectivity index (χ3n) is 2.46. The summed E-state index contributed by atoms with van der Waals surface area (Å²) in [6, 6.07) is 0. The number of allylic oxidation sites excluding steroid dienone is 1. The van der Waals surface area contributed by atoms with Gasteiger partial charge in [0.2, 0.25) is 0 Å². The number of nitrogens with zero attached hydrogens (tertiary/aromatic N) is 3. The van der Waals surface area contributed by atoms with Crippen LogP contribution in [0.3, 0.4) is 0 Å². The molecule has 0 aliphatic rings. The summed E-state index contributed by atoms with van der Waals surface area (Å²) in [6.07, 6.45) is 0.917. The van der Waals surface area contributed by atoms with Crippen LogP contribution >= 0.6 is 11.3 Å². The number of aryl methyl sites for hydroxylation is 2. The first-order valence-electron chi connectivity index (χ1n) is 5.81. The molecule has 0 atom stereocenters. The van der Waals surface area contributed by atoms with E-state index < -0.39 is 0 Å². The molecule has 0 fully saturated rings. The molecule has 0 aromatic carbocycles. The zero-order valence-corrected chi connectivity index (χ0v) is 12.2. The first-order valence-corrected chi connectivity index (χ1v) is 6.62. The largest absolute Gasteiger partial charge is 0.358 e. The summed E-state index contributed by atoms with van der Waals surface area (Å²) >= 11 is 1.76. The Bertz CT molecular complexity index is 432. The third kappa shape index (κ3) is 3.97. The number of aliphatic imine (C=N–C) groups is 1. The molecule has 4 heteroatoms. The van der Waals surface area contributed by atoms with Crippen LogP contribution in [0.5, 0.6) is 0 Å². The van der Waals surface area contributed by atoms with E-state index in [0.29, 0.717) is 0 Å². The third-order valence-corrected chi connectivity index (χ3v) is 3.51.